The van der Waals surface area contributed by atoms with Gasteiger partial charge in [0.25, 0.3) is 0 Å². The van der Waals surface area contributed by atoms with Crippen LogP contribution >= 0.6 is 0 Å². The molecule has 3 aliphatic carbocycles. The minimum atomic E-state index is -0.658. The van der Waals surface area contributed by atoms with Crippen molar-refractivity contribution in [3.8, 4) is 0 Å². The molecule has 0 aromatic rings. The molecular weight excluding hydrogens is 252 g/mol. The van der Waals surface area contributed by atoms with Crippen LogP contribution in [0.3, 0.4) is 0 Å². The Labute approximate surface area is 122 Å². The molecule has 3 saturated carbocycles. The van der Waals surface area contributed by atoms with E-state index in [1.165, 1.54) is 6.92 Å². The van der Waals surface area contributed by atoms with Gasteiger partial charge in [0, 0.05) is 12.8 Å². The Morgan fingerprint density at radius 1 is 1.30 bits per heavy atom. The molecule has 3 rings (SSSR count). The lowest BCUT2D eigenvalue weighted by atomic mass is 9.59. The lowest BCUT2D eigenvalue weighted by Crippen LogP contribution is -2.59. The minimum Gasteiger partial charge on any atom is -0.462 e. The van der Waals surface area contributed by atoms with Crippen LogP contribution in [0.4, 0.5) is 0 Å². The number of hydrogen-bond donors (Lipinski definition) is 1. The second-order valence-electron chi connectivity index (χ2n) is 8.54. The number of hydrogen-bond acceptors (Lipinski definition) is 3. The first-order valence-electron chi connectivity index (χ1n) is 8.01. The molecule has 0 aliphatic heterocycles. The maximum atomic E-state index is 11.7. The SMILES string of the molecule is CC(=O)O[C@H]1C[C@@H](C)[C@@H]2CC[C@@]3(C)CC(C)(C)[C@H]1[C@]23O. The Hall–Kier alpha value is -0.570. The summed E-state index contributed by atoms with van der Waals surface area (Å²) >= 11 is 0. The van der Waals surface area contributed by atoms with Gasteiger partial charge < -0.3 is 9.84 Å². The van der Waals surface area contributed by atoms with Crippen LogP contribution in [-0.2, 0) is 9.53 Å². The Bertz CT molecular complexity index is 444. The van der Waals surface area contributed by atoms with Crippen molar-refractivity contribution in [2.75, 3.05) is 0 Å². The van der Waals surface area contributed by atoms with Crippen LogP contribution in [0.5, 0.6) is 0 Å². The molecule has 0 aromatic heterocycles. The Kier molecular flexibility index (Phi) is 2.87. The summed E-state index contributed by atoms with van der Waals surface area (Å²) in [4.78, 5) is 11.5. The fourth-order valence-electron chi connectivity index (χ4n) is 6.39. The van der Waals surface area contributed by atoms with Crippen LogP contribution in [-0.4, -0.2) is 22.8 Å². The maximum Gasteiger partial charge on any atom is 0.302 e. The molecule has 20 heavy (non-hydrogen) atoms. The Morgan fingerprint density at radius 2 is 1.95 bits per heavy atom. The molecule has 1 N–H and O–H groups in total. The van der Waals surface area contributed by atoms with Gasteiger partial charge in [0.2, 0.25) is 0 Å². The zero-order chi connectivity index (χ0) is 14.9. The quantitative estimate of drug-likeness (QED) is 0.751. The van der Waals surface area contributed by atoms with Crippen molar-refractivity contribution in [3.63, 3.8) is 0 Å². The van der Waals surface area contributed by atoms with Crippen molar-refractivity contribution in [3.05, 3.63) is 0 Å². The zero-order valence-electron chi connectivity index (χ0n) is 13.4. The van der Waals surface area contributed by atoms with E-state index in [1.54, 1.807) is 0 Å². The maximum absolute atomic E-state index is 11.7. The smallest absolute Gasteiger partial charge is 0.302 e. The van der Waals surface area contributed by atoms with Crippen LogP contribution in [0.15, 0.2) is 0 Å². The third-order valence-electron chi connectivity index (χ3n) is 6.68. The van der Waals surface area contributed by atoms with Gasteiger partial charge in [0.05, 0.1) is 5.60 Å². The molecule has 3 fully saturated rings. The number of carbonyl (C=O) groups is 1. The van der Waals surface area contributed by atoms with Crippen LogP contribution in [0.1, 0.15) is 60.3 Å². The van der Waals surface area contributed by atoms with Crippen molar-refractivity contribution in [1.29, 1.82) is 0 Å². The molecule has 0 amide bonds. The van der Waals surface area contributed by atoms with Gasteiger partial charge >= 0.3 is 5.97 Å². The number of esters is 1. The first-order valence-corrected chi connectivity index (χ1v) is 8.01. The van der Waals surface area contributed by atoms with Gasteiger partial charge in [-0.1, -0.05) is 27.7 Å². The van der Waals surface area contributed by atoms with Gasteiger partial charge in [-0.15, -0.1) is 0 Å². The number of rotatable bonds is 1. The van der Waals surface area contributed by atoms with Crippen molar-refractivity contribution >= 4 is 5.97 Å². The van der Waals surface area contributed by atoms with Gasteiger partial charge in [0.15, 0.2) is 0 Å². The standard InChI is InChI=1S/C17H28O3/c1-10-8-13(20-11(2)18)14-15(3,4)9-16(5)7-6-12(10)17(14,16)19/h10,12-14,19H,6-9H2,1-5H3/t10-,12+,13+,14+,16+,17-/m1/s1. The van der Waals surface area contributed by atoms with E-state index in [2.05, 4.69) is 27.7 Å². The van der Waals surface area contributed by atoms with Gasteiger partial charge in [-0.2, -0.15) is 0 Å². The van der Waals surface area contributed by atoms with E-state index in [0.717, 1.165) is 25.7 Å². The molecule has 0 heterocycles. The highest BCUT2D eigenvalue weighted by Crippen LogP contribution is 2.72. The number of aliphatic hydroxyl groups is 1. The highest BCUT2D eigenvalue weighted by atomic mass is 16.5. The average Bonchev–Trinajstić information content (AvgIpc) is 2.57. The molecule has 3 aliphatic rings. The Morgan fingerprint density at radius 3 is 2.55 bits per heavy atom. The van der Waals surface area contributed by atoms with E-state index in [9.17, 15) is 9.90 Å². The lowest BCUT2D eigenvalue weighted by Gasteiger charge is -2.52. The molecule has 0 radical (unpaired) electrons. The molecule has 6 atom stereocenters. The van der Waals surface area contributed by atoms with Crippen molar-refractivity contribution in [2.24, 2.45) is 28.6 Å². The van der Waals surface area contributed by atoms with Crippen molar-refractivity contribution in [1.82, 2.24) is 0 Å². The molecule has 114 valence electrons. The predicted molar refractivity (Wildman–Crippen MR) is 77.0 cm³/mol. The molecule has 3 heteroatoms. The van der Waals surface area contributed by atoms with Crippen LogP contribution in [0.2, 0.25) is 0 Å². The monoisotopic (exact) mass is 280 g/mol. The Balaban J connectivity index is 2.07. The summed E-state index contributed by atoms with van der Waals surface area (Å²) < 4.78 is 5.65. The second-order valence-corrected chi connectivity index (χ2v) is 8.54. The molecule has 3 nitrogen and oxygen atoms in total. The summed E-state index contributed by atoms with van der Waals surface area (Å²) in [6.07, 6.45) is 4.02. The molecule has 0 aromatic carbocycles. The lowest BCUT2D eigenvalue weighted by molar-refractivity contribution is -0.196. The minimum absolute atomic E-state index is 0.0150. The number of carbonyl (C=O) groups excluding carboxylic acids is 1. The number of ether oxygens (including phenoxy) is 1. The van der Waals surface area contributed by atoms with Crippen molar-refractivity contribution in [2.45, 2.75) is 72.0 Å². The third kappa shape index (κ3) is 1.59. The summed E-state index contributed by atoms with van der Waals surface area (Å²) in [7, 11) is 0. The largest absolute Gasteiger partial charge is 0.462 e. The average molecular weight is 280 g/mol. The van der Waals surface area contributed by atoms with E-state index < -0.39 is 5.60 Å². The first-order chi connectivity index (χ1) is 9.12. The predicted octanol–water partition coefficient (Wildman–Crippen LogP) is 3.15. The van der Waals surface area contributed by atoms with E-state index in [4.69, 9.17) is 4.74 Å². The summed E-state index contributed by atoms with van der Waals surface area (Å²) in [6.45, 7) is 10.4. The fraction of sp³-hybridized carbons (Fsp3) is 0.941. The van der Waals surface area contributed by atoms with Gasteiger partial charge in [-0.3, -0.25) is 4.79 Å². The summed E-state index contributed by atoms with van der Waals surface area (Å²) in [6, 6.07) is 0. The molecule has 0 bridgehead atoms. The van der Waals surface area contributed by atoms with Gasteiger partial charge in [-0.05, 0) is 48.3 Å². The van der Waals surface area contributed by atoms with Crippen LogP contribution < -0.4 is 0 Å². The third-order valence-corrected chi connectivity index (χ3v) is 6.68. The topological polar surface area (TPSA) is 46.5 Å². The highest BCUT2D eigenvalue weighted by Gasteiger charge is 2.73. The molecular formula is C17H28O3. The molecule has 0 spiro atoms. The summed E-state index contributed by atoms with van der Waals surface area (Å²) in [5, 5.41) is 11.7. The molecule has 0 unspecified atom stereocenters. The first kappa shape index (κ1) is 14.4. The zero-order valence-corrected chi connectivity index (χ0v) is 13.4. The van der Waals surface area contributed by atoms with Crippen molar-refractivity contribution < 1.29 is 14.6 Å². The summed E-state index contributed by atoms with van der Waals surface area (Å²) in [5.41, 5.74) is -0.643. The normalized spacial score (nSPS) is 52.7. The summed E-state index contributed by atoms with van der Waals surface area (Å²) in [5.74, 6) is 0.654. The van der Waals surface area contributed by atoms with Crippen LogP contribution in [0.25, 0.3) is 0 Å². The molecule has 0 saturated heterocycles. The second kappa shape index (κ2) is 4.00. The highest BCUT2D eigenvalue weighted by molar-refractivity contribution is 5.66. The van der Waals surface area contributed by atoms with E-state index in [-0.39, 0.29) is 28.8 Å². The van der Waals surface area contributed by atoms with Gasteiger partial charge in [-0.25, -0.2) is 0 Å². The van der Waals surface area contributed by atoms with Crippen LogP contribution in [0, 0.1) is 28.6 Å². The van der Waals surface area contributed by atoms with Gasteiger partial charge in [0.1, 0.15) is 6.10 Å². The van der Waals surface area contributed by atoms with E-state index >= 15 is 0 Å². The fourth-order valence-corrected chi connectivity index (χ4v) is 6.39. The van der Waals surface area contributed by atoms with E-state index in [0.29, 0.717) is 11.8 Å². The van der Waals surface area contributed by atoms with E-state index in [1.807, 2.05) is 0 Å².